The first kappa shape index (κ1) is 25.4. The van der Waals surface area contributed by atoms with Crippen molar-refractivity contribution in [2.75, 3.05) is 31.1 Å². The first-order valence-electron chi connectivity index (χ1n) is 14.5. The highest BCUT2D eigenvalue weighted by atomic mass is 19.1. The smallest absolute Gasteiger partial charge is 0.251 e. The lowest BCUT2D eigenvalue weighted by atomic mass is 9.48. The van der Waals surface area contributed by atoms with Crippen molar-refractivity contribution in [2.45, 2.75) is 63.8 Å². The monoisotopic (exact) mass is 517 g/mol. The number of amides is 2. The third-order valence-electron chi connectivity index (χ3n) is 9.80. The van der Waals surface area contributed by atoms with E-state index in [2.05, 4.69) is 17.4 Å². The minimum atomic E-state index is -0.592. The number of rotatable bonds is 6. The lowest BCUT2D eigenvalue weighted by Crippen LogP contribution is -2.56. The normalized spacial score (nSPS) is 29.0. The van der Waals surface area contributed by atoms with Gasteiger partial charge in [0.05, 0.1) is 5.69 Å². The summed E-state index contributed by atoms with van der Waals surface area (Å²) in [6.07, 6.45) is 8.17. The molecule has 2 amide bonds. The van der Waals surface area contributed by atoms with Gasteiger partial charge in [-0.1, -0.05) is 38.1 Å². The van der Waals surface area contributed by atoms with Gasteiger partial charge in [0.25, 0.3) is 5.91 Å². The topological polar surface area (TPSA) is 52.7 Å². The summed E-state index contributed by atoms with van der Waals surface area (Å²) in [5.41, 5.74) is 2.90. The lowest BCUT2D eigenvalue weighted by molar-refractivity contribution is -0.134. The van der Waals surface area contributed by atoms with Crippen LogP contribution >= 0.6 is 0 Å². The highest BCUT2D eigenvalue weighted by Crippen LogP contribution is 2.60. The Morgan fingerprint density at radius 1 is 0.868 bits per heavy atom. The molecule has 202 valence electrons. The van der Waals surface area contributed by atoms with Crippen molar-refractivity contribution in [1.29, 1.82) is 0 Å². The van der Waals surface area contributed by atoms with Crippen LogP contribution in [0.5, 0.6) is 0 Å². The summed E-state index contributed by atoms with van der Waals surface area (Å²) in [7, 11) is 0. The molecule has 4 aliphatic carbocycles. The number of benzene rings is 2. The minimum Gasteiger partial charge on any atom is -0.366 e. The van der Waals surface area contributed by atoms with Gasteiger partial charge in [0.2, 0.25) is 5.91 Å². The van der Waals surface area contributed by atoms with Gasteiger partial charge >= 0.3 is 0 Å². The number of hydrogen-bond acceptors (Lipinski definition) is 3. The van der Waals surface area contributed by atoms with E-state index < -0.39 is 6.04 Å². The highest BCUT2D eigenvalue weighted by molar-refractivity contribution is 5.97. The molecule has 0 spiro atoms. The molecule has 4 saturated carbocycles. The summed E-state index contributed by atoms with van der Waals surface area (Å²) in [5.74, 6) is 2.11. The fourth-order valence-electron chi connectivity index (χ4n) is 8.25. The first-order valence-corrected chi connectivity index (χ1v) is 14.5. The minimum absolute atomic E-state index is 0.0395. The van der Waals surface area contributed by atoms with Crippen molar-refractivity contribution in [1.82, 2.24) is 10.2 Å². The molecule has 1 saturated heterocycles. The Labute approximate surface area is 225 Å². The van der Waals surface area contributed by atoms with E-state index in [1.54, 1.807) is 17.0 Å². The molecule has 6 heteroatoms. The molecular formula is C32H40FN3O2. The van der Waals surface area contributed by atoms with Crippen LogP contribution in [0.15, 0.2) is 48.5 Å². The Morgan fingerprint density at radius 2 is 1.45 bits per heavy atom. The van der Waals surface area contributed by atoms with Crippen molar-refractivity contribution < 1.29 is 14.0 Å². The van der Waals surface area contributed by atoms with Crippen molar-refractivity contribution in [3.8, 4) is 0 Å². The molecule has 4 bridgehead atoms. The van der Waals surface area contributed by atoms with Gasteiger partial charge in [0.15, 0.2) is 0 Å². The molecule has 0 unspecified atom stereocenters. The van der Waals surface area contributed by atoms with E-state index >= 15 is 0 Å². The number of nitrogens with one attached hydrogen (secondary N) is 1. The summed E-state index contributed by atoms with van der Waals surface area (Å²) < 4.78 is 14.2. The second kappa shape index (κ2) is 10.0. The van der Waals surface area contributed by atoms with Gasteiger partial charge in [-0.05, 0) is 97.4 Å². The number of hydrogen-bond donors (Lipinski definition) is 1. The number of carbonyl (C=O) groups excluding carboxylic acids is 2. The molecule has 2 aromatic rings. The van der Waals surface area contributed by atoms with Gasteiger partial charge in [-0.2, -0.15) is 0 Å². The number of nitrogens with zero attached hydrogens (tertiary/aromatic N) is 2. The van der Waals surface area contributed by atoms with Crippen LogP contribution in [0.4, 0.5) is 10.1 Å². The van der Waals surface area contributed by atoms with Crippen LogP contribution in [0.3, 0.4) is 0 Å². The van der Waals surface area contributed by atoms with Gasteiger partial charge in [-0.3, -0.25) is 9.59 Å². The zero-order chi connectivity index (χ0) is 26.4. The molecular weight excluding hydrogens is 477 g/mol. The number of para-hydroxylation sites is 1. The maximum absolute atomic E-state index is 14.2. The Morgan fingerprint density at radius 3 is 2.00 bits per heavy atom. The molecule has 1 atom stereocenters. The summed E-state index contributed by atoms with van der Waals surface area (Å²) >= 11 is 0. The zero-order valence-electron chi connectivity index (χ0n) is 22.7. The van der Waals surface area contributed by atoms with E-state index in [1.807, 2.05) is 36.9 Å². The van der Waals surface area contributed by atoms with E-state index in [1.165, 1.54) is 50.2 Å². The Kier molecular flexibility index (Phi) is 6.69. The summed E-state index contributed by atoms with van der Waals surface area (Å²) in [6.45, 7) is 6.08. The van der Waals surface area contributed by atoms with E-state index in [4.69, 9.17) is 0 Å². The second-order valence-corrected chi connectivity index (χ2v) is 12.7. The van der Waals surface area contributed by atoms with Gasteiger partial charge in [0, 0.05) is 31.7 Å². The van der Waals surface area contributed by atoms with Crippen molar-refractivity contribution in [3.63, 3.8) is 0 Å². The van der Waals surface area contributed by atoms with Gasteiger partial charge in [0.1, 0.15) is 11.9 Å². The summed E-state index contributed by atoms with van der Waals surface area (Å²) in [5, 5.41) is 3.03. The van der Waals surface area contributed by atoms with Crippen molar-refractivity contribution in [2.24, 2.45) is 23.7 Å². The zero-order valence-corrected chi connectivity index (χ0v) is 22.7. The third-order valence-corrected chi connectivity index (χ3v) is 9.80. The lowest BCUT2D eigenvalue weighted by Gasteiger charge is -2.57. The van der Waals surface area contributed by atoms with E-state index in [0.717, 1.165) is 17.8 Å². The molecule has 5 fully saturated rings. The summed E-state index contributed by atoms with van der Waals surface area (Å²) in [4.78, 5) is 30.5. The van der Waals surface area contributed by atoms with Crippen molar-refractivity contribution >= 4 is 17.5 Å². The number of piperazine rings is 1. The van der Waals surface area contributed by atoms with E-state index in [9.17, 15) is 14.0 Å². The predicted octanol–water partition coefficient (Wildman–Crippen LogP) is 5.40. The second-order valence-electron chi connectivity index (χ2n) is 12.7. The average molecular weight is 518 g/mol. The molecule has 1 heterocycles. The number of carbonyl (C=O) groups is 2. The standard InChI is InChI=1S/C32H40FN3O2/c1-21(2)29(31(38)36-13-11-35(12-14-36)28-6-4-3-5-27(28)33)34-30(37)25-7-9-26(10-8-25)32-18-22-15-23(19-32)17-24(16-22)20-32/h3-10,21-24,29H,11-20H2,1-2H3,(H,34,37)/t22?,23?,24?,29-,32?/m1/s1. The average Bonchev–Trinajstić information content (AvgIpc) is 2.91. The quantitative estimate of drug-likeness (QED) is 0.559. The van der Waals surface area contributed by atoms with Crippen LogP contribution in [0.25, 0.3) is 0 Å². The molecule has 5 aliphatic rings. The fourth-order valence-corrected chi connectivity index (χ4v) is 8.25. The van der Waals surface area contributed by atoms with E-state index in [0.29, 0.717) is 42.8 Å². The number of anilines is 1. The molecule has 1 N–H and O–H groups in total. The van der Waals surface area contributed by atoms with Gasteiger partial charge in [-0.15, -0.1) is 0 Å². The molecule has 2 aromatic carbocycles. The van der Waals surface area contributed by atoms with Crippen LogP contribution in [-0.4, -0.2) is 48.9 Å². The fraction of sp³-hybridized carbons (Fsp3) is 0.562. The van der Waals surface area contributed by atoms with Crippen LogP contribution in [0, 0.1) is 29.5 Å². The van der Waals surface area contributed by atoms with E-state index in [-0.39, 0.29) is 23.5 Å². The molecule has 7 rings (SSSR count). The molecule has 38 heavy (non-hydrogen) atoms. The summed E-state index contributed by atoms with van der Waals surface area (Å²) in [6, 6.07) is 14.4. The van der Waals surface area contributed by atoms with Crippen LogP contribution in [0.1, 0.15) is 68.3 Å². The van der Waals surface area contributed by atoms with Crippen LogP contribution < -0.4 is 10.2 Å². The third kappa shape index (κ3) is 4.71. The molecule has 0 aromatic heterocycles. The van der Waals surface area contributed by atoms with Crippen LogP contribution in [0.2, 0.25) is 0 Å². The van der Waals surface area contributed by atoms with Gasteiger partial charge < -0.3 is 15.1 Å². The Bertz CT molecular complexity index is 1150. The predicted molar refractivity (Wildman–Crippen MR) is 148 cm³/mol. The Balaban J connectivity index is 1.09. The molecule has 5 nitrogen and oxygen atoms in total. The maximum atomic E-state index is 14.2. The first-order chi connectivity index (χ1) is 18.3. The molecule has 1 aliphatic heterocycles. The molecule has 0 radical (unpaired) electrons. The highest BCUT2D eigenvalue weighted by Gasteiger charge is 2.51. The largest absolute Gasteiger partial charge is 0.366 e. The van der Waals surface area contributed by atoms with Gasteiger partial charge in [-0.25, -0.2) is 4.39 Å². The number of halogens is 1. The Hall–Kier alpha value is -2.89. The maximum Gasteiger partial charge on any atom is 0.251 e. The van der Waals surface area contributed by atoms with Crippen LogP contribution in [-0.2, 0) is 10.2 Å². The van der Waals surface area contributed by atoms with Crippen molar-refractivity contribution in [3.05, 3.63) is 65.5 Å². The SMILES string of the molecule is CC(C)[C@@H](NC(=O)c1ccc(C23CC4CC(CC(C4)C2)C3)cc1)C(=O)N1CCN(c2ccccc2F)CC1.